The second-order valence-electron chi connectivity index (χ2n) is 7.34. The van der Waals surface area contributed by atoms with Gasteiger partial charge in [-0.05, 0) is 29.9 Å². The second kappa shape index (κ2) is 13.6. The van der Waals surface area contributed by atoms with Crippen molar-refractivity contribution in [2.75, 3.05) is 0 Å². The van der Waals surface area contributed by atoms with Crippen molar-refractivity contribution < 1.29 is 0 Å². The Bertz CT molecular complexity index is 377. The maximum absolute atomic E-state index is 2.37. The predicted octanol–water partition coefficient (Wildman–Crippen LogP) is 7.89. The Morgan fingerprint density at radius 1 is 0.696 bits per heavy atom. The van der Waals surface area contributed by atoms with E-state index in [4.69, 9.17) is 0 Å². The molecule has 0 unspecified atom stereocenters. The topological polar surface area (TPSA) is 0 Å². The van der Waals surface area contributed by atoms with Crippen LogP contribution in [0.25, 0.3) is 0 Å². The van der Waals surface area contributed by atoms with Gasteiger partial charge in [0.25, 0.3) is 0 Å². The molecule has 0 saturated carbocycles. The third-order valence-electron chi connectivity index (χ3n) is 4.82. The molecule has 0 fully saturated rings. The molecule has 0 heterocycles. The van der Waals surface area contributed by atoms with Gasteiger partial charge in [-0.1, -0.05) is 116 Å². The summed E-state index contributed by atoms with van der Waals surface area (Å²) in [5.41, 5.74) is 2.91. The summed E-state index contributed by atoms with van der Waals surface area (Å²) in [6.45, 7) is 6.69. The number of unbranched alkanes of at least 4 members (excludes halogenated alkanes) is 11. The lowest BCUT2D eigenvalue weighted by molar-refractivity contribution is 0.544. The Labute approximate surface area is 146 Å². The van der Waals surface area contributed by atoms with Crippen LogP contribution in [0.3, 0.4) is 0 Å². The normalized spacial score (nSPS) is 11.3. The van der Waals surface area contributed by atoms with Crippen LogP contribution in [0.4, 0.5) is 0 Å². The van der Waals surface area contributed by atoms with E-state index in [0.717, 1.165) is 0 Å². The van der Waals surface area contributed by atoms with Gasteiger partial charge in [0.05, 0.1) is 0 Å². The van der Waals surface area contributed by atoms with Crippen LogP contribution in [-0.4, -0.2) is 0 Å². The summed E-state index contributed by atoms with van der Waals surface area (Å²) in [6.07, 6.45) is 18.4. The maximum Gasteiger partial charge on any atom is -0.00119 e. The predicted molar refractivity (Wildman–Crippen MR) is 105 cm³/mol. The molecule has 0 saturated heterocycles. The van der Waals surface area contributed by atoms with Gasteiger partial charge >= 0.3 is 0 Å². The first kappa shape index (κ1) is 20.3. The van der Waals surface area contributed by atoms with Crippen molar-refractivity contribution in [3.05, 3.63) is 41.3 Å². The van der Waals surface area contributed by atoms with Gasteiger partial charge in [-0.25, -0.2) is 0 Å². The summed E-state index contributed by atoms with van der Waals surface area (Å²) in [4.78, 5) is 0. The summed E-state index contributed by atoms with van der Waals surface area (Å²) < 4.78 is 0. The molecule has 1 aromatic rings. The van der Waals surface area contributed by atoms with Crippen LogP contribution >= 0.6 is 0 Å². The van der Waals surface area contributed by atoms with Gasteiger partial charge in [0, 0.05) is 0 Å². The molecule has 0 atom stereocenters. The molecule has 1 radical (unpaired) electrons. The minimum Gasteiger partial charge on any atom is -0.0654 e. The fourth-order valence-corrected chi connectivity index (χ4v) is 3.21. The van der Waals surface area contributed by atoms with E-state index in [1.807, 2.05) is 0 Å². The molecule has 1 aromatic carbocycles. The number of benzene rings is 1. The van der Waals surface area contributed by atoms with E-state index < -0.39 is 0 Å². The van der Waals surface area contributed by atoms with Gasteiger partial charge in [-0.3, -0.25) is 0 Å². The average molecular weight is 316 g/mol. The Kier molecular flexibility index (Phi) is 12.0. The van der Waals surface area contributed by atoms with Crippen LogP contribution in [-0.2, 0) is 6.42 Å². The first-order valence-corrected chi connectivity index (χ1v) is 10.1. The first-order chi connectivity index (χ1) is 11.2. The zero-order valence-electron chi connectivity index (χ0n) is 16.0. The molecule has 1 rings (SSSR count). The van der Waals surface area contributed by atoms with E-state index in [1.54, 1.807) is 0 Å². The summed E-state index contributed by atoms with van der Waals surface area (Å²) >= 11 is 0. The smallest absolute Gasteiger partial charge is 0.00119 e. The number of hydrogen-bond donors (Lipinski definition) is 0. The van der Waals surface area contributed by atoms with E-state index in [1.165, 1.54) is 101 Å². The van der Waals surface area contributed by atoms with Crippen molar-refractivity contribution >= 4 is 0 Å². The van der Waals surface area contributed by atoms with E-state index >= 15 is 0 Å². The Balaban J connectivity index is 1.93. The van der Waals surface area contributed by atoms with Gasteiger partial charge in [-0.2, -0.15) is 0 Å². The lowest BCUT2D eigenvalue weighted by atomic mass is 9.98. The highest BCUT2D eigenvalue weighted by molar-refractivity contribution is 5.32. The van der Waals surface area contributed by atoms with E-state index in [-0.39, 0.29) is 0 Å². The Hall–Kier alpha value is -0.780. The molecule has 0 aliphatic rings. The molecule has 131 valence electrons. The molecule has 0 aliphatic carbocycles. The Morgan fingerprint density at radius 3 is 1.74 bits per heavy atom. The average Bonchev–Trinajstić information content (AvgIpc) is 2.56. The zero-order valence-corrected chi connectivity index (χ0v) is 16.0. The molecule has 0 spiro atoms. The minimum atomic E-state index is 1.25. The number of aryl methyl sites for hydroxylation is 1. The standard InChI is InChI=1S/C23H39/c1-4-5-6-7-8-9-10-11-12-13-14-15-17-22-18-16-19-23(20-22)21(2)3/h16,18-20H,4-15,17H2,1-3H3. The molecular weight excluding hydrogens is 276 g/mol. The highest BCUT2D eigenvalue weighted by Crippen LogP contribution is 2.17. The molecule has 0 aliphatic heterocycles. The number of hydrogen-bond acceptors (Lipinski definition) is 0. The summed E-state index contributed by atoms with van der Waals surface area (Å²) in [5, 5.41) is 0. The lowest BCUT2D eigenvalue weighted by Crippen LogP contribution is -1.92. The second-order valence-corrected chi connectivity index (χ2v) is 7.34. The fraction of sp³-hybridized carbons (Fsp3) is 0.696. The molecule has 0 heteroatoms. The van der Waals surface area contributed by atoms with Gasteiger partial charge in [0.15, 0.2) is 0 Å². The van der Waals surface area contributed by atoms with Crippen molar-refractivity contribution in [3.8, 4) is 0 Å². The Morgan fingerprint density at radius 2 is 1.22 bits per heavy atom. The van der Waals surface area contributed by atoms with Crippen LogP contribution in [0.2, 0.25) is 0 Å². The molecule has 0 amide bonds. The van der Waals surface area contributed by atoms with Crippen molar-refractivity contribution in [3.63, 3.8) is 0 Å². The minimum absolute atomic E-state index is 1.25. The molecule has 0 nitrogen and oxygen atoms in total. The number of rotatable bonds is 14. The fourth-order valence-electron chi connectivity index (χ4n) is 3.21. The maximum atomic E-state index is 2.37. The lowest BCUT2D eigenvalue weighted by Gasteiger charge is -2.08. The third kappa shape index (κ3) is 10.6. The van der Waals surface area contributed by atoms with Crippen LogP contribution in [0.1, 0.15) is 109 Å². The highest BCUT2D eigenvalue weighted by atomic mass is 14.1. The summed E-state index contributed by atoms with van der Waals surface area (Å²) in [6, 6.07) is 9.08. The van der Waals surface area contributed by atoms with Crippen molar-refractivity contribution in [2.45, 2.75) is 104 Å². The van der Waals surface area contributed by atoms with E-state index in [0.29, 0.717) is 0 Å². The van der Waals surface area contributed by atoms with Crippen molar-refractivity contribution in [2.24, 2.45) is 0 Å². The third-order valence-corrected chi connectivity index (χ3v) is 4.82. The molecule has 0 N–H and O–H groups in total. The van der Waals surface area contributed by atoms with Crippen LogP contribution in [0.15, 0.2) is 24.3 Å². The van der Waals surface area contributed by atoms with Gasteiger partial charge in [0.2, 0.25) is 0 Å². The monoisotopic (exact) mass is 315 g/mol. The highest BCUT2D eigenvalue weighted by Gasteiger charge is 2.01. The molecule has 23 heavy (non-hydrogen) atoms. The van der Waals surface area contributed by atoms with Crippen LogP contribution in [0, 0.1) is 5.92 Å². The summed E-state index contributed by atoms with van der Waals surface area (Å²) in [5.74, 6) is 1.42. The summed E-state index contributed by atoms with van der Waals surface area (Å²) in [7, 11) is 0. The van der Waals surface area contributed by atoms with E-state index in [9.17, 15) is 0 Å². The molecular formula is C23H39. The van der Waals surface area contributed by atoms with Gasteiger partial charge in [-0.15, -0.1) is 0 Å². The van der Waals surface area contributed by atoms with Crippen LogP contribution < -0.4 is 0 Å². The van der Waals surface area contributed by atoms with Crippen LogP contribution in [0.5, 0.6) is 0 Å². The van der Waals surface area contributed by atoms with Gasteiger partial charge in [0.1, 0.15) is 0 Å². The zero-order chi connectivity index (χ0) is 16.8. The molecule has 0 bridgehead atoms. The van der Waals surface area contributed by atoms with E-state index in [2.05, 4.69) is 45.0 Å². The SMILES string of the molecule is CCCCCCCCCCCCCCc1cccc([C](C)C)c1. The largest absolute Gasteiger partial charge is 0.0654 e. The van der Waals surface area contributed by atoms with Gasteiger partial charge < -0.3 is 0 Å². The van der Waals surface area contributed by atoms with Crippen molar-refractivity contribution in [1.29, 1.82) is 0 Å². The molecule has 0 aromatic heterocycles. The van der Waals surface area contributed by atoms with Crippen molar-refractivity contribution in [1.82, 2.24) is 0 Å². The first-order valence-electron chi connectivity index (χ1n) is 10.1. The quantitative estimate of drug-likeness (QED) is 0.306.